The van der Waals surface area contributed by atoms with Gasteiger partial charge in [-0.1, -0.05) is 25.1 Å². The molecule has 0 aromatic heterocycles. The van der Waals surface area contributed by atoms with Gasteiger partial charge in [0.25, 0.3) is 0 Å². The molecule has 1 aliphatic heterocycles. The SMILES string of the molecule is CCCNC(=O)N1c2ccccc2CC1C(=O)O. The van der Waals surface area contributed by atoms with Gasteiger partial charge in [0.05, 0.1) is 0 Å². The fraction of sp³-hybridized carbons (Fsp3) is 0.385. The molecule has 0 saturated carbocycles. The highest BCUT2D eigenvalue weighted by Gasteiger charge is 2.37. The first-order valence-electron chi connectivity index (χ1n) is 6.03. The van der Waals surface area contributed by atoms with E-state index in [2.05, 4.69) is 5.32 Å². The fourth-order valence-electron chi connectivity index (χ4n) is 2.15. The number of carboxylic acid groups (broad SMARTS) is 1. The number of benzene rings is 1. The second-order valence-corrected chi connectivity index (χ2v) is 4.29. The topological polar surface area (TPSA) is 69.6 Å². The van der Waals surface area contributed by atoms with Crippen molar-refractivity contribution in [2.75, 3.05) is 11.4 Å². The molecule has 1 heterocycles. The van der Waals surface area contributed by atoms with Crippen molar-refractivity contribution in [2.45, 2.75) is 25.8 Å². The summed E-state index contributed by atoms with van der Waals surface area (Å²) in [6.07, 6.45) is 1.18. The van der Waals surface area contributed by atoms with E-state index in [1.807, 2.05) is 25.1 Å². The lowest BCUT2D eigenvalue weighted by atomic mass is 10.1. The zero-order valence-electron chi connectivity index (χ0n) is 10.2. The van der Waals surface area contributed by atoms with E-state index >= 15 is 0 Å². The van der Waals surface area contributed by atoms with Crippen molar-refractivity contribution < 1.29 is 14.7 Å². The molecule has 1 unspecified atom stereocenters. The number of anilines is 1. The quantitative estimate of drug-likeness (QED) is 0.854. The average molecular weight is 248 g/mol. The summed E-state index contributed by atoms with van der Waals surface area (Å²) in [7, 11) is 0. The molecule has 1 aromatic rings. The summed E-state index contributed by atoms with van der Waals surface area (Å²) >= 11 is 0. The molecule has 0 bridgehead atoms. The molecule has 96 valence electrons. The van der Waals surface area contributed by atoms with Crippen molar-refractivity contribution >= 4 is 17.7 Å². The third kappa shape index (κ3) is 2.16. The van der Waals surface area contributed by atoms with Gasteiger partial charge in [-0.2, -0.15) is 0 Å². The number of nitrogens with zero attached hydrogens (tertiary/aromatic N) is 1. The molecule has 2 rings (SSSR count). The van der Waals surface area contributed by atoms with Gasteiger partial charge in [-0.05, 0) is 18.1 Å². The van der Waals surface area contributed by atoms with Crippen LogP contribution in [0.15, 0.2) is 24.3 Å². The van der Waals surface area contributed by atoms with Gasteiger partial charge in [-0.25, -0.2) is 9.59 Å². The van der Waals surface area contributed by atoms with Crippen LogP contribution in [0.25, 0.3) is 0 Å². The van der Waals surface area contributed by atoms with Crippen LogP contribution in [-0.4, -0.2) is 29.7 Å². The number of para-hydroxylation sites is 1. The number of fused-ring (bicyclic) bond motifs is 1. The Morgan fingerprint density at radius 3 is 2.83 bits per heavy atom. The minimum absolute atomic E-state index is 0.339. The van der Waals surface area contributed by atoms with E-state index in [0.29, 0.717) is 18.7 Å². The number of carbonyl (C=O) groups excluding carboxylic acids is 1. The maximum Gasteiger partial charge on any atom is 0.327 e. The molecule has 0 aliphatic carbocycles. The smallest absolute Gasteiger partial charge is 0.327 e. The Balaban J connectivity index is 2.28. The predicted octanol–water partition coefficient (Wildman–Crippen LogP) is 1.62. The minimum Gasteiger partial charge on any atom is -0.480 e. The Morgan fingerprint density at radius 1 is 1.44 bits per heavy atom. The number of carboxylic acids is 1. The molecular weight excluding hydrogens is 232 g/mol. The maximum absolute atomic E-state index is 12.0. The highest BCUT2D eigenvalue weighted by Crippen LogP contribution is 2.32. The minimum atomic E-state index is -0.974. The van der Waals surface area contributed by atoms with Crippen LogP contribution in [0, 0.1) is 0 Å². The standard InChI is InChI=1S/C13H16N2O3/c1-2-7-14-13(18)15-10-6-4-3-5-9(10)8-11(15)12(16)17/h3-6,11H,2,7-8H2,1H3,(H,14,18)(H,16,17). The summed E-state index contributed by atoms with van der Waals surface area (Å²) in [5.74, 6) is -0.974. The molecule has 0 radical (unpaired) electrons. The van der Waals surface area contributed by atoms with Crippen LogP contribution >= 0.6 is 0 Å². The van der Waals surface area contributed by atoms with E-state index < -0.39 is 12.0 Å². The predicted molar refractivity (Wildman–Crippen MR) is 67.7 cm³/mol. The normalized spacial score (nSPS) is 17.4. The maximum atomic E-state index is 12.0. The third-order valence-corrected chi connectivity index (χ3v) is 3.01. The van der Waals surface area contributed by atoms with E-state index in [4.69, 9.17) is 0 Å². The number of hydrogen-bond acceptors (Lipinski definition) is 2. The number of rotatable bonds is 3. The Labute approximate surface area is 105 Å². The van der Waals surface area contributed by atoms with Gasteiger partial charge >= 0.3 is 12.0 Å². The van der Waals surface area contributed by atoms with Gasteiger partial charge in [-0.15, -0.1) is 0 Å². The van der Waals surface area contributed by atoms with Crippen LogP contribution in [0.1, 0.15) is 18.9 Å². The second-order valence-electron chi connectivity index (χ2n) is 4.29. The van der Waals surface area contributed by atoms with Gasteiger partial charge in [0.1, 0.15) is 6.04 Å². The second kappa shape index (κ2) is 5.08. The number of amides is 2. The van der Waals surface area contributed by atoms with E-state index in [0.717, 1.165) is 12.0 Å². The number of aliphatic carboxylic acids is 1. The van der Waals surface area contributed by atoms with Crippen molar-refractivity contribution in [2.24, 2.45) is 0 Å². The van der Waals surface area contributed by atoms with E-state index in [-0.39, 0.29) is 6.03 Å². The van der Waals surface area contributed by atoms with Crippen LogP contribution in [0.5, 0.6) is 0 Å². The zero-order valence-corrected chi connectivity index (χ0v) is 10.2. The third-order valence-electron chi connectivity index (χ3n) is 3.01. The van der Waals surface area contributed by atoms with E-state index in [1.54, 1.807) is 6.07 Å². The van der Waals surface area contributed by atoms with Crippen LogP contribution < -0.4 is 10.2 Å². The summed E-state index contributed by atoms with van der Waals surface area (Å²) in [5, 5.41) is 11.9. The molecule has 1 aromatic carbocycles. The van der Waals surface area contributed by atoms with Crippen LogP contribution in [0.4, 0.5) is 10.5 Å². The molecule has 2 amide bonds. The van der Waals surface area contributed by atoms with Crippen molar-refractivity contribution in [3.8, 4) is 0 Å². The van der Waals surface area contributed by atoms with Crippen molar-refractivity contribution in [3.05, 3.63) is 29.8 Å². The van der Waals surface area contributed by atoms with Gasteiger partial charge in [-0.3, -0.25) is 4.90 Å². The molecule has 0 fully saturated rings. The number of nitrogens with one attached hydrogen (secondary N) is 1. The number of carbonyl (C=O) groups is 2. The molecule has 2 N–H and O–H groups in total. The number of urea groups is 1. The summed E-state index contributed by atoms with van der Waals surface area (Å²) in [6.45, 7) is 2.50. The summed E-state index contributed by atoms with van der Waals surface area (Å²) in [4.78, 5) is 24.6. The van der Waals surface area contributed by atoms with Crippen molar-refractivity contribution in [3.63, 3.8) is 0 Å². The molecular formula is C13H16N2O3. The van der Waals surface area contributed by atoms with Gasteiger partial charge in [0.15, 0.2) is 0 Å². The van der Waals surface area contributed by atoms with Crippen molar-refractivity contribution in [1.82, 2.24) is 5.32 Å². The van der Waals surface area contributed by atoms with Crippen LogP contribution in [0.2, 0.25) is 0 Å². The monoisotopic (exact) mass is 248 g/mol. The van der Waals surface area contributed by atoms with Crippen molar-refractivity contribution in [1.29, 1.82) is 0 Å². The molecule has 0 spiro atoms. The Kier molecular flexibility index (Phi) is 3.50. The molecule has 5 nitrogen and oxygen atoms in total. The Morgan fingerprint density at radius 2 is 2.17 bits per heavy atom. The fourth-order valence-corrected chi connectivity index (χ4v) is 2.15. The first-order valence-corrected chi connectivity index (χ1v) is 6.03. The molecule has 18 heavy (non-hydrogen) atoms. The number of hydrogen-bond donors (Lipinski definition) is 2. The molecule has 1 atom stereocenters. The Hall–Kier alpha value is -2.04. The summed E-state index contributed by atoms with van der Waals surface area (Å²) in [5.41, 5.74) is 1.59. The zero-order chi connectivity index (χ0) is 13.1. The van der Waals surface area contributed by atoms with Crippen LogP contribution in [0.3, 0.4) is 0 Å². The highest BCUT2D eigenvalue weighted by atomic mass is 16.4. The first kappa shape index (κ1) is 12.4. The average Bonchev–Trinajstić information content (AvgIpc) is 2.75. The van der Waals surface area contributed by atoms with E-state index in [9.17, 15) is 14.7 Å². The summed E-state index contributed by atoms with van der Waals surface area (Å²) < 4.78 is 0. The molecule has 5 heteroatoms. The Bertz CT molecular complexity index is 473. The lowest BCUT2D eigenvalue weighted by molar-refractivity contribution is -0.138. The lowest BCUT2D eigenvalue weighted by Gasteiger charge is -2.22. The van der Waals surface area contributed by atoms with Gasteiger partial charge < -0.3 is 10.4 Å². The van der Waals surface area contributed by atoms with E-state index in [1.165, 1.54) is 4.90 Å². The van der Waals surface area contributed by atoms with Gasteiger partial charge in [0, 0.05) is 18.7 Å². The highest BCUT2D eigenvalue weighted by molar-refractivity contribution is 6.01. The first-order chi connectivity index (χ1) is 8.65. The largest absolute Gasteiger partial charge is 0.480 e. The molecule has 1 aliphatic rings. The lowest BCUT2D eigenvalue weighted by Crippen LogP contribution is -2.48. The van der Waals surface area contributed by atoms with Gasteiger partial charge in [0.2, 0.25) is 0 Å². The molecule has 0 saturated heterocycles. The van der Waals surface area contributed by atoms with Crippen LogP contribution in [-0.2, 0) is 11.2 Å². The summed E-state index contributed by atoms with van der Waals surface area (Å²) in [6, 6.07) is 6.16.